The van der Waals surface area contributed by atoms with E-state index in [9.17, 15) is 0 Å². The fraction of sp³-hybridized carbons (Fsp3) is 0.455. The lowest BCUT2D eigenvalue weighted by Crippen LogP contribution is -2.13. The Morgan fingerprint density at radius 3 is 2.79 bits per heavy atom. The summed E-state index contributed by atoms with van der Waals surface area (Å²) in [6.07, 6.45) is 0.560. The van der Waals surface area contributed by atoms with Crippen molar-refractivity contribution in [2.75, 3.05) is 13.2 Å². The van der Waals surface area contributed by atoms with Gasteiger partial charge >= 0.3 is 0 Å². The van der Waals surface area contributed by atoms with Gasteiger partial charge in [0.1, 0.15) is 5.75 Å². The van der Waals surface area contributed by atoms with E-state index >= 15 is 0 Å². The standard InChI is InChI=1S/C11H17NO2/c1-2-14-11-6-4-3-5-9(11)10(12)7-8-13/h3-6,10,13H,2,7-8,12H2,1H3. The zero-order valence-electron chi connectivity index (χ0n) is 8.44. The molecule has 1 unspecified atom stereocenters. The molecule has 3 N–H and O–H groups in total. The number of benzene rings is 1. The maximum absolute atomic E-state index is 8.80. The Kier molecular flexibility index (Phi) is 4.43. The van der Waals surface area contributed by atoms with Gasteiger partial charge in [0, 0.05) is 18.2 Å². The lowest BCUT2D eigenvalue weighted by molar-refractivity contribution is 0.273. The van der Waals surface area contributed by atoms with E-state index in [4.69, 9.17) is 15.6 Å². The van der Waals surface area contributed by atoms with Crippen LogP contribution in [0.25, 0.3) is 0 Å². The highest BCUT2D eigenvalue weighted by Gasteiger charge is 2.10. The van der Waals surface area contributed by atoms with Crippen molar-refractivity contribution in [2.45, 2.75) is 19.4 Å². The molecule has 0 spiro atoms. The van der Waals surface area contributed by atoms with E-state index in [1.54, 1.807) is 0 Å². The SMILES string of the molecule is CCOc1ccccc1C(N)CCO. The van der Waals surface area contributed by atoms with Crippen LogP contribution in [0.1, 0.15) is 24.9 Å². The zero-order valence-corrected chi connectivity index (χ0v) is 8.44. The summed E-state index contributed by atoms with van der Waals surface area (Å²) >= 11 is 0. The third-order valence-corrected chi connectivity index (χ3v) is 2.06. The number of para-hydroxylation sites is 1. The minimum atomic E-state index is -0.150. The van der Waals surface area contributed by atoms with Crippen molar-refractivity contribution in [3.8, 4) is 5.75 Å². The molecular weight excluding hydrogens is 178 g/mol. The number of hydrogen-bond donors (Lipinski definition) is 2. The molecule has 78 valence electrons. The van der Waals surface area contributed by atoms with Gasteiger partial charge in [-0.3, -0.25) is 0 Å². The van der Waals surface area contributed by atoms with Gasteiger partial charge in [-0.1, -0.05) is 18.2 Å². The van der Waals surface area contributed by atoms with Crippen LogP contribution in [0.4, 0.5) is 0 Å². The predicted molar refractivity (Wildman–Crippen MR) is 56.2 cm³/mol. The van der Waals surface area contributed by atoms with Crippen molar-refractivity contribution in [3.63, 3.8) is 0 Å². The minimum Gasteiger partial charge on any atom is -0.494 e. The number of ether oxygens (including phenoxy) is 1. The molecule has 3 heteroatoms. The van der Waals surface area contributed by atoms with Gasteiger partial charge in [-0.2, -0.15) is 0 Å². The molecular formula is C11H17NO2. The molecule has 0 amide bonds. The zero-order chi connectivity index (χ0) is 10.4. The maximum atomic E-state index is 8.80. The predicted octanol–water partition coefficient (Wildman–Crippen LogP) is 1.47. The molecule has 0 aliphatic rings. The Hall–Kier alpha value is -1.06. The molecule has 1 rings (SSSR count). The molecule has 0 radical (unpaired) electrons. The van der Waals surface area contributed by atoms with Gasteiger partial charge in [0.15, 0.2) is 0 Å². The van der Waals surface area contributed by atoms with Crippen molar-refractivity contribution in [1.29, 1.82) is 0 Å². The van der Waals surface area contributed by atoms with E-state index in [-0.39, 0.29) is 12.6 Å². The summed E-state index contributed by atoms with van der Waals surface area (Å²) in [7, 11) is 0. The van der Waals surface area contributed by atoms with Gasteiger partial charge in [-0.05, 0) is 19.4 Å². The Labute approximate surface area is 84.5 Å². The minimum absolute atomic E-state index is 0.0988. The first kappa shape index (κ1) is 11.0. The Morgan fingerprint density at radius 2 is 2.14 bits per heavy atom. The second kappa shape index (κ2) is 5.62. The van der Waals surface area contributed by atoms with Crippen molar-refractivity contribution >= 4 is 0 Å². The molecule has 0 heterocycles. The molecule has 1 aromatic carbocycles. The Morgan fingerprint density at radius 1 is 1.43 bits per heavy atom. The normalized spacial score (nSPS) is 12.5. The Bertz CT molecular complexity index is 276. The average Bonchev–Trinajstić information content (AvgIpc) is 2.19. The third kappa shape index (κ3) is 2.72. The summed E-state index contributed by atoms with van der Waals surface area (Å²) in [6, 6.07) is 7.53. The first-order valence-corrected chi connectivity index (χ1v) is 4.87. The van der Waals surface area contributed by atoms with Crippen LogP contribution in [0.3, 0.4) is 0 Å². The fourth-order valence-electron chi connectivity index (χ4n) is 1.37. The molecule has 0 aliphatic heterocycles. The number of hydrogen-bond acceptors (Lipinski definition) is 3. The van der Waals surface area contributed by atoms with Crippen LogP contribution in [-0.4, -0.2) is 18.3 Å². The second-order valence-electron chi connectivity index (χ2n) is 3.09. The molecule has 1 aromatic rings. The third-order valence-electron chi connectivity index (χ3n) is 2.06. The highest BCUT2D eigenvalue weighted by Crippen LogP contribution is 2.25. The molecule has 0 saturated carbocycles. The van der Waals surface area contributed by atoms with Gasteiger partial charge in [-0.25, -0.2) is 0 Å². The van der Waals surface area contributed by atoms with Gasteiger partial charge in [0.2, 0.25) is 0 Å². The molecule has 0 bridgehead atoms. The van der Waals surface area contributed by atoms with Crippen molar-refractivity contribution < 1.29 is 9.84 Å². The molecule has 3 nitrogen and oxygen atoms in total. The lowest BCUT2D eigenvalue weighted by atomic mass is 10.0. The van der Waals surface area contributed by atoms with E-state index < -0.39 is 0 Å². The van der Waals surface area contributed by atoms with Gasteiger partial charge in [0.05, 0.1) is 6.61 Å². The van der Waals surface area contributed by atoms with Crippen LogP contribution < -0.4 is 10.5 Å². The summed E-state index contributed by atoms with van der Waals surface area (Å²) in [5, 5.41) is 8.80. The fourth-order valence-corrected chi connectivity index (χ4v) is 1.37. The molecule has 0 aromatic heterocycles. The monoisotopic (exact) mass is 195 g/mol. The first-order chi connectivity index (χ1) is 6.79. The van der Waals surface area contributed by atoms with E-state index in [0.717, 1.165) is 11.3 Å². The maximum Gasteiger partial charge on any atom is 0.124 e. The van der Waals surface area contributed by atoms with Crippen LogP contribution >= 0.6 is 0 Å². The van der Waals surface area contributed by atoms with E-state index in [0.29, 0.717) is 13.0 Å². The van der Waals surface area contributed by atoms with Crippen LogP contribution in [-0.2, 0) is 0 Å². The van der Waals surface area contributed by atoms with Crippen molar-refractivity contribution in [2.24, 2.45) is 5.73 Å². The topological polar surface area (TPSA) is 55.5 Å². The van der Waals surface area contributed by atoms with E-state index in [2.05, 4.69) is 0 Å². The highest BCUT2D eigenvalue weighted by molar-refractivity contribution is 5.35. The second-order valence-corrected chi connectivity index (χ2v) is 3.09. The highest BCUT2D eigenvalue weighted by atomic mass is 16.5. The van der Waals surface area contributed by atoms with Crippen LogP contribution in [0.2, 0.25) is 0 Å². The Balaban J connectivity index is 2.82. The summed E-state index contributed by atoms with van der Waals surface area (Å²) in [5.74, 6) is 0.816. The van der Waals surface area contributed by atoms with Crippen LogP contribution in [0, 0.1) is 0 Å². The van der Waals surface area contributed by atoms with Gasteiger partial charge < -0.3 is 15.6 Å². The summed E-state index contributed by atoms with van der Waals surface area (Å²) in [6.45, 7) is 2.67. The number of nitrogens with two attached hydrogens (primary N) is 1. The number of rotatable bonds is 5. The van der Waals surface area contributed by atoms with Crippen molar-refractivity contribution in [3.05, 3.63) is 29.8 Å². The average molecular weight is 195 g/mol. The molecule has 0 aliphatic carbocycles. The van der Waals surface area contributed by atoms with E-state index in [1.807, 2.05) is 31.2 Å². The number of aliphatic hydroxyl groups excluding tert-OH is 1. The summed E-state index contributed by atoms with van der Waals surface area (Å²) in [5.41, 5.74) is 6.86. The molecule has 0 saturated heterocycles. The molecule has 1 atom stereocenters. The van der Waals surface area contributed by atoms with E-state index in [1.165, 1.54) is 0 Å². The summed E-state index contributed by atoms with van der Waals surface area (Å²) in [4.78, 5) is 0. The largest absolute Gasteiger partial charge is 0.494 e. The van der Waals surface area contributed by atoms with Gasteiger partial charge in [0.25, 0.3) is 0 Å². The van der Waals surface area contributed by atoms with Crippen molar-refractivity contribution in [1.82, 2.24) is 0 Å². The molecule has 0 fully saturated rings. The van der Waals surface area contributed by atoms with Crippen LogP contribution in [0.15, 0.2) is 24.3 Å². The molecule has 14 heavy (non-hydrogen) atoms. The number of aliphatic hydroxyl groups is 1. The smallest absolute Gasteiger partial charge is 0.124 e. The first-order valence-electron chi connectivity index (χ1n) is 4.87. The summed E-state index contributed by atoms with van der Waals surface area (Å²) < 4.78 is 5.44. The lowest BCUT2D eigenvalue weighted by Gasteiger charge is -2.15. The van der Waals surface area contributed by atoms with Crippen LogP contribution in [0.5, 0.6) is 5.75 Å². The van der Waals surface area contributed by atoms with Gasteiger partial charge in [-0.15, -0.1) is 0 Å². The quantitative estimate of drug-likeness (QED) is 0.748.